The van der Waals surface area contributed by atoms with Crippen LogP contribution in [0.25, 0.3) is 10.9 Å². The van der Waals surface area contributed by atoms with Crippen LogP contribution in [0.4, 0.5) is 13.6 Å². The molecule has 1 aromatic carbocycles. The average molecular weight is 405 g/mol. The molecule has 2 aliphatic carbocycles. The molecule has 0 aliphatic heterocycles. The van der Waals surface area contributed by atoms with Crippen molar-refractivity contribution in [2.75, 3.05) is 0 Å². The van der Waals surface area contributed by atoms with Gasteiger partial charge in [0.2, 0.25) is 5.92 Å². The predicted octanol–water partition coefficient (Wildman–Crippen LogP) is 6.57. The molecule has 0 saturated heterocycles. The number of nitrogens with zero attached hydrogens (tertiary/aromatic N) is 1. The van der Waals surface area contributed by atoms with Gasteiger partial charge in [-0.05, 0) is 82.6 Å². The lowest BCUT2D eigenvalue weighted by atomic mass is 9.94. The Balaban J connectivity index is 1.71. The Bertz CT molecular complexity index is 928. The van der Waals surface area contributed by atoms with Crippen LogP contribution in [0.1, 0.15) is 76.3 Å². The molecule has 2 aliphatic rings. The molecule has 0 N–H and O–H groups in total. The highest BCUT2D eigenvalue weighted by atomic mass is 19.3. The Morgan fingerprint density at radius 2 is 1.83 bits per heavy atom. The Morgan fingerprint density at radius 3 is 2.41 bits per heavy atom. The zero-order chi connectivity index (χ0) is 21.0. The highest BCUT2D eigenvalue weighted by Crippen LogP contribution is 2.49. The number of aromatic nitrogens is 1. The number of fused-ring (bicyclic) bond motifs is 1. The number of carbonyl (C=O) groups excluding carboxylic acids is 1. The molecule has 6 heteroatoms. The summed E-state index contributed by atoms with van der Waals surface area (Å²) in [5.74, 6) is -1.38. The quantitative estimate of drug-likeness (QED) is 0.580. The van der Waals surface area contributed by atoms with Crippen molar-refractivity contribution < 1.29 is 23.0 Å². The molecule has 0 spiro atoms. The molecule has 1 heterocycles. The lowest BCUT2D eigenvalue weighted by Gasteiger charge is -2.30. The van der Waals surface area contributed by atoms with Gasteiger partial charge < -0.3 is 9.47 Å². The number of hydrogen-bond acceptors (Lipinski definition) is 3. The topological polar surface area (TPSA) is 40.5 Å². The summed E-state index contributed by atoms with van der Waals surface area (Å²) in [4.78, 5) is 12.7. The van der Waals surface area contributed by atoms with Gasteiger partial charge in [-0.1, -0.05) is 0 Å². The molecule has 4 rings (SSSR count). The highest BCUT2D eigenvalue weighted by molar-refractivity contribution is 5.96. The third kappa shape index (κ3) is 4.26. The van der Waals surface area contributed by atoms with E-state index in [0.29, 0.717) is 18.8 Å². The third-order valence-corrected chi connectivity index (χ3v) is 5.69. The van der Waals surface area contributed by atoms with Crippen LogP contribution in [0, 0.1) is 6.92 Å². The summed E-state index contributed by atoms with van der Waals surface area (Å²) in [5, 5.41) is 0.857. The molecular weight excluding hydrogens is 376 g/mol. The third-order valence-electron chi connectivity index (χ3n) is 5.69. The summed E-state index contributed by atoms with van der Waals surface area (Å²) >= 11 is 0. The monoisotopic (exact) mass is 405 g/mol. The number of ether oxygens (including phenoxy) is 2. The van der Waals surface area contributed by atoms with Crippen LogP contribution in [0.5, 0.6) is 5.75 Å². The summed E-state index contributed by atoms with van der Waals surface area (Å²) in [6, 6.07) is 3.97. The maximum Gasteiger partial charge on any atom is 0.419 e. The fourth-order valence-electron chi connectivity index (χ4n) is 4.13. The number of alkyl halides is 2. The van der Waals surface area contributed by atoms with Gasteiger partial charge >= 0.3 is 6.09 Å². The fourth-order valence-corrected chi connectivity index (χ4v) is 4.13. The van der Waals surface area contributed by atoms with Crippen LogP contribution >= 0.6 is 0 Å². The van der Waals surface area contributed by atoms with Crippen molar-refractivity contribution in [3.8, 4) is 5.75 Å². The van der Waals surface area contributed by atoms with E-state index in [1.165, 1.54) is 4.57 Å². The van der Waals surface area contributed by atoms with E-state index in [9.17, 15) is 13.6 Å². The average Bonchev–Trinajstić information content (AvgIpc) is 3.34. The summed E-state index contributed by atoms with van der Waals surface area (Å²) in [5.41, 5.74) is 2.29. The molecule has 0 bridgehead atoms. The second kappa shape index (κ2) is 6.99. The zero-order valence-corrected chi connectivity index (χ0v) is 17.6. The number of halogens is 2. The number of benzene rings is 1. The van der Waals surface area contributed by atoms with Crippen molar-refractivity contribution in [3.05, 3.63) is 29.5 Å². The summed E-state index contributed by atoms with van der Waals surface area (Å²) < 4.78 is 40.5. The number of aryl methyl sites for hydroxylation is 1. The standard InChI is InChI=1S/C23H29F2NO3/c1-14-13-18(15-5-6-15)20(28-16-7-10-23(24,25)11-8-16)17-9-12-26(19(14)17)21(27)29-22(2,3)4/h9,12-13,15-16H,5-8,10-11H2,1-4H3. The maximum absolute atomic E-state index is 13.6. The van der Waals surface area contributed by atoms with Gasteiger partial charge in [-0.15, -0.1) is 0 Å². The molecule has 2 aromatic rings. The SMILES string of the molecule is Cc1cc(C2CC2)c(OC2CCC(F)(F)CC2)c2ccn(C(=O)OC(C)(C)C)c12. The lowest BCUT2D eigenvalue weighted by molar-refractivity contribution is -0.0581. The summed E-state index contributed by atoms with van der Waals surface area (Å²) in [6.07, 6.45) is 3.70. The van der Waals surface area contributed by atoms with E-state index >= 15 is 0 Å². The second-order valence-electron chi connectivity index (χ2n) is 9.49. The molecule has 29 heavy (non-hydrogen) atoms. The van der Waals surface area contributed by atoms with Crippen molar-refractivity contribution in [2.24, 2.45) is 0 Å². The van der Waals surface area contributed by atoms with E-state index < -0.39 is 17.6 Å². The lowest BCUT2D eigenvalue weighted by Crippen LogP contribution is -2.31. The van der Waals surface area contributed by atoms with E-state index in [0.717, 1.165) is 40.6 Å². The predicted molar refractivity (Wildman–Crippen MR) is 108 cm³/mol. The number of carbonyl (C=O) groups is 1. The summed E-state index contributed by atoms with van der Waals surface area (Å²) in [6.45, 7) is 7.49. The Kier molecular flexibility index (Phi) is 4.87. The highest BCUT2D eigenvalue weighted by Gasteiger charge is 2.37. The molecule has 0 radical (unpaired) electrons. The van der Waals surface area contributed by atoms with Gasteiger partial charge in [0.25, 0.3) is 0 Å². The van der Waals surface area contributed by atoms with Crippen LogP contribution in [0.15, 0.2) is 18.3 Å². The molecule has 1 aromatic heterocycles. The van der Waals surface area contributed by atoms with Crippen LogP contribution in [0.2, 0.25) is 0 Å². The minimum atomic E-state index is -2.58. The van der Waals surface area contributed by atoms with Gasteiger partial charge in [0.05, 0.1) is 11.6 Å². The molecule has 158 valence electrons. The van der Waals surface area contributed by atoms with E-state index in [4.69, 9.17) is 9.47 Å². The Morgan fingerprint density at radius 1 is 1.17 bits per heavy atom. The molecule has 4 nitrogen and oxygen atoms in total. The van der Waals surface area contributed by atoms with Gasteiger partial charge in [0.15, 0.2) is 0 Å². The van der Waals surface area contributed by atoms with E-state index in [1.807, 2.05) is 33.8 Å². The first-order valence-corrected chi connectivity index (χ1v) is 10.5. The molecule has 2 fully saturated rings. The van der Waals surface area contributed by atoms with Crippen LogP contribution < -0.4 is 4.74 Å². The molecule has 0 unspecified atom stereocenters. The first-order valence-electron chi connectivity index (χ1n) is 10.5. The van der Waals surface area contributed by atoms with Gasteiger partial charge in [-0.25, -0.2) is 13.6 Å². The Labute approximate surface area is 170 Å². The van der Waals surface area contributed by atoms with E-state index in [2.05, 4.69) is 6.07 Å². The second-order valence-corrected chi connectivity index (χ2v) is 9.49. The van der Waals surface area contributed by atoms with Crippen molar-refractivity contribution in [3.63, 3.8) is 0 Å². The maximum atomic E-state index is 13.6. The summed E-state index contributed by atoms with van der Waals surface area (Å²) in [7, 11) is 0. The van der Waals surface area contributed by atoms with Crippen LogP contribution in [-0.4, -0.2) is 28.3 Å². The number of hydrogen-bond donors (Lipinski definition) is 0. The van der Waals surface area contributed by atoms with Crippen molar-refractivity contribution in [1.29, 1.82) is 0 Å². The minimum Gasteiger partial charge on any atom is -0.489 e. The van der Waals surface area contributed by atoms with E-state index in [-0.39, 0.29) is 18.9 Å². The largest absolute Gasteiger partial charge is 0.489 e. The van der Waals surface area contributed by atoms with Crippen molar-refractivity contribution in [2.45, 2.75) is 89.8 Å². The van der Waals surface area contributed by atoms with Gasteiger partial charge in [0.1, 0.15) is 11.4 Å². The van der Waals surface area contributed by atoms with Crippen molar-refractivity contribution in [1.82, 2.24) is 4.57 Å². The normalized spacial score (nSPS) is 20.1. The molecule has 2 saturated carbocycles. The van der Waals surface area contributed by atoms with Crippen molar-refractivity contribution >= 4 is 17.0 Å². The fraction of sp³-hybridized carbons (Fsp3) is 0.609. The molecule has 0 amide bonds. The number of rotatable bonds is 3. The van der Waals surface area contributed by atoms with Gasteiger partial charge in [-0.2, -0.15) is 0 Å². The van der Waals surface area contributed by atoms with Crippen LogP contribution in [0.3, 0.4) is 0 Å². The zero-order valence-electron chi connectivity index (χ0n) is 17.6. The van der Waals surface area contributed by atoms with Crippen LogP contribution in [-0.2, 0) is 4.74 Å². The molecule has 0 atom stereocenters. The first kappa shape index (κ1) is 20.2. The first-order chi connectivity index (χ1) is 13.5. The molecular formula is C23H29F2NO3. The van der Waals surface area contributed by atoms with E-state index in [1.54, 1.807) is 6.20 Å². The Hall–Kier alpha value is -2.11. The minimum absolute atomic E-state index is 0.135. The smallest absolute Gasteiger partial charge is 0.419 e. The van der Waals surface area contributed by atoms with Gasteiger partial charge in [0, 0.05) is 24.4 Å². The van der Waals surface area contributed by atoms with Gasteiger partial charge in [-0.3, -0.25) is 4.57 Å².